The molecule has 0 saturated heterocycles. The molecule has 0 amide bonds. The van der Waals surface area contributed by atoms with Gasteiger partial charge >= 0.3 is 0 Å². The maximum absolute atomic E-state index is 12.8. The molecule has 0 spiro atoms. The number of aliphatic hydroxyl groups excluding tert-OH is 1. The number of nitrogens with one attached hydrogen (secondary N) is 2. The highest BCUT2D eigenvalue weighted by atomic mass is 19.1. The van der Waals surface area contributed by atoms with Gasteiger partial charge in [-0.1, -0.05) is 19.1 Å². The molecule has 0 saturated carbocycles. The summed E-state index contributed by atoms with van der Waals surface area (Å²) in [5.74, 6) is 0.635. The van der Waals surface area contributed by atoms with Gasteiger partial charge in [-0.3, -0.25) is 0 Å². The fourth-order valence-corrected chi connectivity index (χ4v) is 1.44. The van der Waals surface area contributed by atoms with Gasteiger partial charge in [-0.2, -0.15) is 0 Å². The molecule has 1 unspecified atom stereocenters. The molecule has 106 valence electrons. The van der Waals surface area contributed by atoms with Gasteiger partial charge in [0.1, 0.15) is 5.82 Å². The van der Waals surface area contributed by atoms with Crippen molar-refractivity contribution in [1.82, 2.24) is 10.6 Å². The fourth-order valence-electron chi connectivity index (χ4n) is 1.44. The third-order valence-corrected chi connectivity index (χ3v) is 2.61. The Morgan fingerprint density at radius 3 is 2.58 bits per heavy atom. The lowest BCUT2D eigenvalue weighted by atomic mass is 10.2. The Morgan fingerprint density at radius 2 is 2.00 bits per heavy atom. The zero-order valence-corrected chi connectivity index (χ0v) is 11.5. The Balaban J connectivity index is 2.54. The molecule has 19 heavy (non-hydrogen) atoms. The molecule has 0 heterocycles. The molecule has 0 aromatic heterocycles. The normalized spacial score (nSPS) is 13.2. The van der Waals surface area contributed by atoms with Gasteiger partial charge in [0.2, 0.25) is 0 Å². The molecular weight excluding hydrogens is 245 g/mol. The van der Waals surface area contributed by atoms with Crippen molar-refractivity contribution >= 4 is 5.96 Å². The van der Waals surface area contributed by atoms with Gasteiger partial charge in [0.05, 0.1) is 6.54 Å². The molecule has 1 aromatic carbocycles. The maximum atomic E-state index is 12.8. The lowest BCUT2D eigenvalue weighted by Crippen LogP contribution is -2.39. The van der Waals surface area contributed by atoms with Crippen LogP contribution in [0.4, 0.5) is 4.39 Å². The molecule has 0 bridgehead atoms. The maximum Gasteiger partial charge on any atom is 0.191 e. The van der Waals surface area contributed by atoms with E-state index in [2.05, 4.69) is 15.6 Å². The van der Waals surface area contributed by atoms with Gasteiger partial charge in [-0.05, 0) is 30.5 Å². The predicted octanol–water partition coefficient (Wildman–Crippen LogP) is 1.51. The summed E-state index contributed by atoms with van der Waals surface area (Å²) < 4.78 is 12.8. The molecule has 0 radical (unpaired) electrons. The zero-order valence-electron chi connectivity index (χ0n) is 11.5. The first-order chi connectivity index (χ1) is 9.15. The molecule has 3 N–H and O–H groups in total. The van der Waals surface area contributed by atoms with Gasteiger partial charge in [0.25, 0.3) is 0 Å². The number of nitrogens with zero attached hydrogens (tertiary/aromatic N) is 1. The van der Waals surface area contributed by atoms with Gasteiger partial charge in [0, 0.05) is 19.7 Å². The van der Waals surface area contributed by atoms with Gasteiger partial charge in [0.15, 0.2) is 5.96 Å². The molecule has 0 aliphatic carbocycles. The van der Waals surface area contributed by atoms with E-state index in [-0.39, 0.29) is 18.3 Å². The summed E-state index contributed by atoms with van der Waals surface area (Å²) in [6.45, 7) is 6.00. The minimum atomic E-state index is -0.241. The number of benzene rings is 1. The third-order valence-electron chi connectivity index (χ3n) is 2.61. The topological polar surface area (TPSA) is 56.7 Å². The SMILES string of the molecule is CCNC(=NCc1ccc(F)cc1)NCC(C)CO. The van der Waals surface area contributed by atoms with E-state index in [1.165, 1.54) is 12.1 Å². The first-order valence-electron chi connectivity index (χ1n) is 6.53. The Morgan fingerprint density at radius 1 is 1.32 bits per heavy atom. The van der Waals surface area contributed by atoms with Crippen molar-refractivity contribution in [2.75, 3.05) is 19.7 Å². The monoisotopic (exact) mass is 267 g/mol. The van der Waals surface area contributed by atoms with E-state index in [0.717, 1.165) is 12.1 Å². The van der Waals surface area contributed by atoms with Crippen LogP contribution in [-0.2, 0) is 6.54 Å². The summed E-state index contributed by atoms with van der Waals surface area (Å²) in [5.41, 5.74) is 0.953. The smallest absolute Gasteiger partial charge is 0.191 e. The Labute approximate surface area is 113 Å². The molecule has 0 fully saturated rings. The van der Waals surface area contributed by atoms with Gasteiger partial charge in [-0.25, -0.2) is 9.38 Å². The number of guanidine groups is 1. The highest BCUT2D eigenvalue weighted by molar-refractivity contribution is 5.79. The predicted molar refractivity (Wildman–Crippen MR) is 75.5 cm³/mol. The Hall–Kier alpha value is -1.62. The minimum absolute atomic E-state index is 0.143. The average Bonchev–Trinajstić information content (AvgIpc) is 2.43. The Kier molecular flexibility index (Phi) is 6.89. The minimum Gasteiger partial charge on any atom is -0.396 e. The second kappa shape index (κ2) is 8.48. The lowest BCUT2D eigenvalue weighted by Gasteiger charge is -2.14. The van der Waals surface area contributed by atoms with E-state index in [4.69, 9.17) is 5.11 Å². The van der Waals surface area contributed by atoms with Crippen molar-refractivity contribution in [2.45, 2.75) is 20.4 Å². The molecular formula is C14H22FN3O. The van der Waals surface area contributed by atoms with Gasteiger partial charge in [-0.15, -0.1) is 0 Å². The van der Waals surface area contributed by atoms with Crippen molar-refractivity contribution in [1.29, 1.82) is 0 Å². The molecule has 0 aliphatic heterocycles. The van der Waals surface area contributed by atoms with E-state index < -0.39 is 0 Å². The van der Waals surface area contributed by atoms with Crippen molar-refractivity contribution in [3.63, 3.8) is 0 Å². The quantitative estimate of drug-likeness (QED) is 0.541. The molecule has 1 aromatic rings. The van der Waals surface area contributed by atoms with E-state index in [1.54, 1.807) is 12.1 Å². The molecule has 4 nitrogen and oxygen atoms in total. The van der Waals surface area contributed by atoms with E-state index >= 15 is 0 Å². The van der Waals surface area contributed by atoms with Crippen molar-refractivity contribution in [2.24, 2.45) is 10.9 Å². The third kappa shape index (κ3) is 6.20. The number of rotatable bonds is 6. The summed E-state index contributed by atoms with van der Waals surface area (Å²) in [6, 6.07) is 6.30. The van der Waals surface area contributed by atoms with Crippen LogP contribution >= 0.6 is 0 Å². The summed E-state index contributed by atoms with van der Waals surface area (Å²) >= 11 is 0. The molecule has 0 aliphatic rings. The van der Waals surface area contributed by atoms with Crippen molar-refractivity contribution in [3.05, 3.63) is 35.6 Å². The lowest BCUT2D eigenvalue weighted by molar-refractivity contribution is 0.238. The zero-order chi connectivity index (χ0) is 14.1. The van der Waals surface area contributed by atoms with Crippen LogP contribution in [0.1, 0.15) is 19.4 Å². The van der Waals surface area contributed by atoms with Gasteiger partial charge < -0.3 is 15.7 Å². The largest absolute Gasteiger partial charge is 0.396 e. The Bertz CT molecular complexity index is 392. The standard InChI is InChI=1S/C14H22FN3O/c1-3-16-14(17-8-11(2)10-19)18-9-12-4-6-13(15)7-5-12/h4-7,11,19H,3,8-10H2,1-2H3,(H2,16,17,18). The second-order valence-corrected chi connectivity index (χ2v) is 4.49. The van der Waals surface area contributed by atoms with Crippen molar-refractivity contribution in [3.8, 4) is 0 Å². The highest BCUT2D eigenvalue weighted by Crippen LogP contribution is 2.03. The average molecular weight is 267 g/mol. The summed E-state index contributed by atoms with van der Waals surface area (Å²) in [6.07, 6.45) is 0. The molecule has 1 rings (SSSR count). The van der Waals surface area contributed by atoms with E-state index in [1.807, 2.05) is 13.8 Å². The highest BCUT2D eigenvalue weighted by Gasteiger charge is 2.02. The first kappa shape index (κ1) is 15.4. The van der Waals surface area contributed by atoms with Crippen LogP contribution in [0.2, 0.25) is 0 Å². The molecule has 1 atom stereocenters. The van der Waals surface area contributed by atoms with Crippen LogP contribution in [-0.4, -0.2) is 30.8 Å². The summed E-state index contributed by atoms with van der Waals surface area (Å²) in [5, 5.41) is 15.3. The summed E-state index contributed by atoms with van der Waals surface area (Å²) in [4.78, 5) is 4.41. The second-order valence-electron chi connectivity index (χ2n) is 4.49. The van der Waals surface area contributed by atoms with E-state index in [9.17, 15) is 4.39 Å². The van der Waals surface area contributed by atoms with Crippen LogP contribution < -0.4 is 10.6 Å². The number of aliphatic hydroxyl groups is 1. The van der Waals surface area contributed by atoms with Crippen LogP contribution in [0, 0.1) is 11.7 Å². The number of hydrogen-bond acceptors (Lipinski definition) is 2. The first-order valence-corrected chi connectivity index (χ1v) is 6.53. The van der Waals surface area contributed by atoms with Crippen molar-refractivity contribution < 1.29 is 9.50 Å². The van der Waals surface area contributed by atoms with Crippen LogP contribution in [0.25, 0.3) is 0 Å². The number of halogens is 1. The molecule has 5 heteroatoms. The number of aliphatic imine (C=N–C) groups is 1. The fraction of sp³-hybridized carbons (Fsp3) is 0.500. The van der Waals surface area contributed by atoms with Crippen LogP contribution in [0.5, 0.6) is 0 Å². The van der Waals surface area contributed by atoms with Crippen LogP contribution in [0.15, 0.2) is 29.3 Å². The summed E-state index contributed by atoms with van der Waals surface area (Å²) in [7, 11) is 0. The van der Waals surface area contributed by atoms with Crippen LogP contribution in [0.3, 0.4) is 0 Å². The van der Waals surface area contributed by atoms with E-state index in [0.29, 0.717) is 19.0 Å². The number of hydrogen-bond donors (Lipinski definition) is 3.